The molecule has 1 unspecified atom stereocenters. The molecule has 1 aromatic rings. The molecule has 0 nitrogen and oxygen atoms in total. The molecule has 0 N–H and O–H groups in total. The number of benzene rings is 1. The van der Waals surface area contributed by atoms with Crippen LogP contribution in [-0.2, 0) is 11.8 Å². The van der Waals surface area contributed by atoms with Crippen LogP contribution >= 0.6 is 6.35 Å². The third-order valence-corrected chi connectivity index (χ3v) is 6.91. The molecule has 0 aromatic heterocycles. The average Bonchev–Trinajstić information content (AvgIpc) is 2.04. The minimum absolute atomic E-state index is 0.441. The van der Waals surface area contributed by atoms with Crippen molar-refractivity contribution in [1.82, 2.24) is 0 Å². The third kappa shape index (κ3) is 2.18. The zero-order valence-electron chi connectivity index (χ0n) is 8.12. The topological polar surface area (TPSA) is 0 Å². The smallest absolute Gasteiger partial charge is 0.147 e. The number of halogens is 1. The van der Waals surface area contributed by atoms with Gasteiger partial charge in [-0.15, -0.1) is 0 Å². The van der Waals surface area contributed by atoms with Crippen molar-refractivity contribution in [3.8, 4) is 0 Å². The highest BCUT2D eigenvalue weighted by Crippen LogP contribution is 2.58. The van der Waals surface area contributed by atoms with Crippen LogP contribution in [-0.4, -0.2) is 5.16 Å². The van der Waals surface area contributed by atoms with Crippen molar-refractivity contribution in [2.24, 2.45) is 0 Å². The van der Waals surface area contributed by atoms with Gasteiger partial charge in [-0.1, -0.05) is 62.9 Å². The van der Waals surface area contributed by atoms with Crippen molar-refractivity contribution in [3.05, 3.63) is 30.3 Å². The van der Waals surface area contributed by atoms with Gasteiger partial charge in [-0.2, -0.15) is 0 Å². The Morgan fingerprint density at radius 3 is 2.00 bits per heavy atom. The summed E-state index contributed by atoms with van der Waals surface area (Å²) in [5, 5.41) is 0.237. The molecule has 1 aromatic carbocycles. The van der Waals surface area contributed by atoms with Crippen LogP contribution in [0.25, 0.3) is 0 Å². The largest absolute Gasteiger partial charge is 0.212 e. The van der Waals surface area contributed by atoms with E-state index in [4.69, 9.17) is 11.8 Å². The summed E-state index contributed by atoms with van der Waals surface area (Å²) in [5.41, 5.74) is 0. The molecule has 3 heteroatoms. The Morgan fingerprint density at radius 2 is 1.62 bits per heavy atom. The predicted octanol–water partition coefficient (Wildman–Crippen LogP) is 3.47. The van der Waals surface area contributed by atoms with Gasteiger partial charge < -0.3 is 0 Å². The molecule has 0 saturated heterocycles. The maximum absolute atomic E-state index is 14.3. The van der Waals surface area contributed by atoms with Crippen LogP contribution < -0.4 is 5.30 Å². The van der Waals surface area contributed by atoms with Crippen molar-refractivity contribution in [1.29, 1.82) is 0 Å². The Bertz CT molecular complexity index is 327. The molecule has 1 rings (SSSR count). The first-order valence-electron chi connectivity index (χ1n) is 4.21. The van der Waals surface area contributed by atoms with E-state index in [0.717, 1.165) is 0 Å². The van der Waals surface area contributed by atoms with Crippen molar-refractivity contribution < 1.29 is 4.20 Å². The molecule has 0 spiro atoms. The Morgan fingerprint density at radius 1 is 1.15 bits per heavy atom. The second-order valence-electron chi connectivity index (χ2n) is 4.04. The molecule has 0 bridgehead atoms. The Kier molecular flexibility index (Phi) is 2.94. The Balaban J connectivity index is 3.17. The van der Waals surface area contributed by atoms with Gasteiger partial charge in [-0.05, 0) is 0 Å². The molecule has 0 amide bonds. The third-order valence-electron chi connectivity index (χ3n) is 1.95. The van der Waals surface area contributed by atoms with E-state index in [1.54, 1.807) is 12.1 Å². The van der Waals surface area contributed by atoms with E-state index in [0.29, 0.717) is 5.30 Å². The molecular weight excluding hydrogens is 202 g/mol. The molecule has 0 saturated carbocycles. The first-order valence-corrected chi connectivity index (χ1v) is 6.90. The molecule has 0 fully saturated rings. The number of hydrogen-bond donors (Lipinski definition) is 0. The summed E-state index contributed by atoms with van der Waals surface area (Å²) >= 11 is 5.09. The monoisotopic (exact) mass is 216 g/mol. The maximum atomic E-state index is 14.3. The molecule has 0 aliphatic rings. The first kappa shape index (κ1) is 10.9. The summed E-state index contributed by atoms with van der Waals surface area (Å²) in [6.45, 7) is 5.59. The molecule has 0 heterocycles. The molecule has 1 atom stereocenters. The summed E-state index contributed by atoms with van der Waals surface area (Å²) in [7, 11) is 0. The fraction of sp³-hybridized carbons (Fsp3) is 0.400. The van der Waals surface area contributed by atoms with E-state index in [1.807, 2.05) is 39.0 Å². The van der Waals surface area contributed by atoms with E-state index in [1.165, 1.54) is 0 Å². The quantitative estimate of drug-likeness (QED) is 0.648. The lowest BCUT2D eigenvalue weighted by Crippen LogP contribution is -2.19. The van der Waals surface area contributed by atoms with E-state index in [2.05, 4.69) is 0 Å². The van der Waals surface area contributed by atoms with E-state index < -0.39 is 11.5 Å². The summed E-state index contributed by atoms with van der Waals surface area (Å²) in [4.78, 5) is 0. The van der Waals surface area contributed by atoms with Gasteiger partial charge in [0.05, 0.1) is 0 Å². The second kappa shape index (κ2) is 3.51. The summed E-state index contributed by atoms with van der Waals surface area (Å²) < 4.78 is 14.3. The average molecular weight is 216 g/mol. The zero-order valence-corrected chi connectivity index (χ0v) is 9.83. The van der Waals surface area contributed by atoms with Crippen LogP contribution in [0, 0.1) is 0 Å². The highest BCUT2D eigenvalue weighted by atomic mass is 32.5. The lowest BCUT2D eigenvalue weighted by molar-refractivity contribution is 0.726. The molecule has 0 aliphatic heterocycles. The molecular formula is C10H14FPS. The predicted molar refractivity (Wildman–Crippen MR) is 61.2 cm³/mol. The van der Waals surface area contributed by atoms with Crippen molar-refractivity contribution in [3.63, 3.8) is 0 Å². The second-order valence-corrected chi connectivity index (χ2v) is 8.47. The van der Waals surface area contributed by atoms with Crippen LogP contribution in [0.15, 0.2) is 30.3 Å². The molecule has 13 heavy (non-hydrogen) atoms. The van der Waals surface area contributed by atoms with Crippen molar-refractivity contribution in [2.75, 3.05) is 0 Å². The minimum atomic E-state index is -2.90. The van der Waals surface area contributed by atoms with Gasteiger partial charge in [-0.25, -0.2) is 4.20 Å². The lowest BCUT2D eigenvalue weighted by Gasteiger charge is -2.27. The first-order chi connectivity index (χ1) is 5.86. The highest BCUT2D eigenvalue weighted by Gasteiger charge is 2.33. The highest BCUT2D eigenvalue weighted by molar-refractivity contribution is 8.16. The molecule has 72 valence electrons. The fourth-order valence-electron chi connectivity index (χ4n) is 1.01. The van der Waals surface area contributed by atoms with Crippen LogP contribution in [0.2, 0.25) is 0 Å². The number of hydrogen-bond acceptors (Lipinski definition) is 1. The minimum Gasteiger partial charge on any atom is -0.212 e. The van der Waals surface area contributed by atoms with Crippen LogP contribution in [0.1, 0.15) is 20.8 Å². The molecule has 0 radical (unpaired) electrons. The van der Waals surface area contributed by atoms with Gasteiger partial charge in [0.15, 0.2) is 0 Å². The SMILES string of the molecule is CC(C)(C)P(F)(=S)c1ccccc1. The summed E-state index contributed by atoms with van der Waals surface area (Å²) in [6.07, 6.45) is -2.90. The normalized spacial score (nSPS) is 16.6. The zero-order chi connectivity index (χ0) is 10.1. The summed E-state index contributed by atoms with van der Waals surface area (Å²) in [5.74, 6) is 0. The van der Waals surface area contributed by atoms with Gasteiger partial charge >= 0.3 is 0 Å². The standard InChI is InChI=1S/C10H14FPS/c1-10(2,3)12(11,13)9-7-5-4-6-8-9/h4-8H,1-3H3. The van der Waals surface area contributed by atoms with Gasteiger partial charge in [0.1, 0.15) is 6.35 Å². The van der Waals surface area contributed by atoms with Crippen LogP contribution in [0.4, 0.5) is 4.20 Å². The van der Waals surface area contributed by atoms with E-state index in [-0.39, 0.29) is 0 Å². The lowest BCUT2D eigenvalue weighted by atomic mass is 10.3. The van der Waals surface area contributed by atoms with Gasteiger partial charge in [0.25, 0.3) is 0 Å². The van der Waals surface area contributed by atoms with Crippen LogP contribution in [0.5, 0.6) is 0 Å². The van der Waals surface area contributed by atoms with E-state index in [9.17, 15) is 4.20 Å². The maximum Gasteiger partial charge on any atom is 0.147 e. The Hall–Kier alpha value is -0.200. The fourth-order valence-corrected chi connectivity index (χ4v) is 2.70. The van der Waals surface area contributed by atoms with Crippen LogP contribution in [0.3, 0.4) is 0 Å². The van der Waals surface area contributed by atoms with Crippen molar-refractivity contribution >= 4 is 23.5 Å². The summed E-state index contributed by atoms with van der Waals surface area (Å²) in [6, 6.07) is 9.11. The van der Waals surface area contributed by atoms with Gasteiger partial charge in [0.2, 0.25) is 0 Å². The van der Waals surface area contributed by atoms with Crippen molar-refractivity contribution in [2.45, 2.75) is 25.9 Å². The molecule has 0 aliphatic carbocycles. The number of rotatable bonds is 1. The Labute approximate surface area is 84.3 Å². The van der Waals surface area contributed by atoms with Gasteiger partial charge in [0, 0.05) is 10.5 Å². The van der Waals surface area contributed by atoms with E-state index >= 15 is 0 Å². The van der Waals surface area contributed by atoms with Gasteiger partial charge in [-0.3, -0.25) is 0 Å².